The maximum atomic E-state index is 11.8. The zero-order valence-corrected chi connectivity index (χ0v) is 12.3. The Labute approximate surface area is 115 Å². The molecule has 0 spiro atoms. The van der Waals surface area contributed by atoms with Crippen molar-refractivity contribution in [3.8, 4) is 0 Å². The summed E-state index contributed by atoms with van der Waals surface area (Å²) in [6, 6.07) is 8.40. The topological polar surface area (TPSA) is 58.2 Å². The molecule has 1 saturated carbocycles. The molecular weight excluding hydrogens is 260 g/mol. The van der Waals surface area contributed by atoms with E-state index in [1.165, 1.54) is 18.4 Å². The first-order valence-electron chi connectivity index (χ1n) is 6.76. The first-order chi connectivity index (χ1) is 8.94. The van der Waals surface area contributed by atoms with Crippen molar-refractivity contribution in [1.82, 2.24) is 10.0 Å². The van der Waals surface area contributed by atoms with E-state index in [0.717, 1.165) is 12.1 Å². The van der Waals surface area contributed by atoms with Gasteiger partial charge in [0.2, 0.25) is 10.0 Å². The van der Waals surface area contributed by atoms with Crippen molar-refractivity contribution >= 4 is 10.0 Å². The lowest BCUT2D eigenvalue weighted by molar-refractivity contribution is 0.569. The predicted octanol–water partition coefficient (Wildman–Crippen LogP) is 1.77. The molecule has 0 atom stereocenters. The SMILES string of the molecule is CC(C)NS(=O)(=O)Cc1ccc(CNC2CC2)cc1. The summed E-state index contributed by atoms with van der Waals surface area (Å²) in [6.45, 7) is 4.51. The second-order valence-electron chi connectivity index (χ2n) is 5.50. The first-order valence-corrected chi connectivity index (χ1v) is 8.41. The van der Waals surface area contributed by atoms with Crippen LogP contribution < -0.4 is 10.0 Å². The number of hydrogen-bond donors (Lipinski definition) is 2. The summed E-state index contributed by atoms with van der Waals surface area (Å²) >= 11 is 0. The molecule has 1 fully saturated rings. The van der Waals surface area contributed by atoms with Gasteiger partial charge in [0.1, 0.15) is 0 Å². The number of benzene rings is 1. The molecule has 1 aliphatic rings. The smallest absolute Gasteiger partial charge is 0.216 e. The van der Waals surface area contributed by atoms with Crippen LogP contribution in [-0.4, -0.2) is 20.5 Å². The largest absolute Gasteiger partial charge is 0.310 e. The number of hydrogen-bond acceptors (Lipinski definition) is 3. The van der Waals surface area contributed by atoms with Gasteiger partial charge in [0.25, 0.3) is 0 Å². The standard InChI is InChI=1S/C14H22N2O2S/c1-11(2)16-19(17,18)10-13-5-3-12(4-6-13)9-15-14-7-8-14/h3-6,11,14-16H,7-10H2,1-2H3. The Kier molecular flexibility index (Phi) is 4.60. The van der Waals surface area contributed by atoms with Crippen LogP contribution in [0.2, 0.25) is 0 Å². The van der Waals surface area contributed by atoms with Gasteiger partial charge in [-0.25, -0.2) is 13.1 Å². The summed E-state index contributed by atoms with van der Waals surface area (Å²) in [5.74, 6) is 0.0432. The van der Waals surface area contributed by atoms with Gasteiger partial charge >= 0.3 is 0 Å². The molecule has 5 heteroatoms. The third kappa shape index (κ3) is 5.30. The van der Waals surface area contributed by atoms with E-state index in [1.54, 1.807) is 0 Å². The van der Waals surface area contributed by atoms with Gasteiger partial charge in [0.05, 0.1) is 5.75 Å². The van der Waals surface area contributed by atoms with Crippen LogP contribution in [0, 0.1) is 0 Å². The number of sulfonamides is 1. The monoisotopic (exact) mass is 282 g/mol. The molecule has 2 rings (SSSR count). The van der Waals surface area contributed by atoms with Gasteiger partial charge in [0.15, 0.2) is 0 Å². The van der Waals surface area contributed by atoms with E-state index in [-0.39, 0.29) is 11.8 Å². The van der Waals surface area contributed by atoms with E-state index >= 15 is 0 Å². The normalized spacial score (nSPS) is 15.9. The van der Waals surface area contributed by atoms with Crippen LogP contribution in [-0.2, 0) is 22.3 Å². The highest BCUT2D eigenvalue weighted by atomic mass is 32.2. The van der Waals surface area contributed by atoms with Crippen molar-refractivity contribution in [2.24, 2.45) is 0 Å². The molecule has 0 aliphatic heterocycles. The van der Waals surface area contributed by atoms with Crippen molar-refractivity contribution in [2.75, 3.05) is 0 Å². The molecule has 0 amide bonds. The highest BCUT2D eigenvalue weighted by Crippen LogP contribution is 2.19. The lowest BCUT2D eigenvalue weighted by atomic mass is 10.1. The molecule has 0 bridgehead atoms. The fourth-order valence-electron chi connectivity index (χ4n) is 1.92. The molecule has 19 heavy (non-hydrogen) atoms. The van der Waals surface area contributed by atoms with E-state index in [4.69, 9.17) is 0 Å². The van der Waals surface area contributed by atoms with E-state index in [1.807, 2.05) is 38.1 Å². The minimum absolute atomic E-state index is 0.0432. The van der Waals surface area contributed by atoms with Gasteiger partial charge in [-0.2, -0.15) is 0 Å². The lowest BCUT2D eigenvalue weighted by Crippen LogP contribution is -2.31. The Hall–Kier alpha value is -0.910. The molecule has 0 unspecified atom stereocenters. The van der Waals surface area contributed by atoms with Crippen molar-refractivity contribution in [3.05, 3.63) is 35.4 Å². The highest BCUT2D eigenvalue weighted by molar-refractivity contribution is 7.88. The summed E-state index contributed by atoms with van der Waals surface area (Å²) in [6.07, 6.45) is 2.55. The van der Waals surface area contributed by atoms with Crippen LogP contribution in [0.15, 0.2) is 24.3 Å². The van der Waals surface area contributed by atoms with E-state index in [0.29, 0.717) is 6.04 Å². The number of rotatable bonds is 7. The Morgan fingerprint density at radius 2 is 1.74 bits per heavy atom. The van der Waals surface area contributed by atoms with Crippen LogP contribution in [0.25, 0.3) is 0 Å². The Bertz CT molecular complexity index is 505. The molecule has 1 aromatic carbocycles. The molecule has 1 aliphatic carbocycles. The van der Waals surface area contributed by atoms with Gasteiger partial charge in [-0.3, -0.25) is 0 Å². The van der Waals surface area contributed by atoms with Crippen molar-refractivity contribution in [2.45, 2.75) is 51.1 Å². The molecule has 0 saturated heterocycles. The molecule has 0 aromatic heterocycles. The second-order valence-corrected chi connectivity index (χ2v) is 7.26. The summed E-state index contributed by atoms with van der Waals surface area (Å²) in [7, 11) is -3.23. The molecule has 4 nitrogen and oxygen atoms in total. The summed E-state index contributed by atoms with van der Waals surface area (Å²) < 4.78 is 26.2. The van der Waals surface area contributed by atoms with Crippen LogP contribution >= 0.6 is 0 Å². The summed E-state index contributed by atoms with van der Waals surface area (Å²) in [4.78, 5) is 0. The zero-order chi connectivity index (χ0) is 13.9. The van der Waals surface area contributed by atoms with E-state index < -0.39 is 10.0 Å². The van der Waals surface area contributed by atoms with Crippen molar-refractivity contribution in [3.63, 3.8) is 0 Å². The maximum absolute atomic E-state index is 11.8. The second kappa shape index (κ2) is 6.03. The Balaban J connectivity index is 1.90. The van der Waals surface area contributed by atoms with Gasteiger partial charge in [-0.05, 0) is 37.8 Å². The van der Waals surface area contributed by atoms with Crippen molar-refractivity contribution in [1.29, 1.82) is 0 Å². The predicted molar refractivity (Wildman–Crippen MR) is 77.2 cm³/mol. The average Bonchev–Trinajstić information content (AvgIpc) is 3.09. The average molecular weight is 282 g/mol. The molecule has 1 aromatic rings. The minimum Gasteiger partial charge on any atom is -0.310 e. The van der Waals surface area contributed by atoms with Gasteiger partial charge < -0.3 is 5.32 Å². The Morgan fingerprint density at radius 3 is 2.26 bits per heavy atom. The number of nitrogens with one attached hydrogen (secondary N) is 2. The third-order valence-corrected chi connectivity index (χ3v) is 4.51. The molecule has 2 N–H and O–H groups in total. The van der Waals surface area contributed by atoms with E-state index in [9.17, 15) is 8.42 Å². The van der Waals surface area contributed by atoms with E-state index in [2.05, 4.69) is 10.0 Å². The van der Waals surface area contributed by atoms with Gasteiger partial charge in [0, 0.05) is 18.6 Å². The Morgan fingerprint density at radius 1 is 1.16 bits per heavy atom. The fraction of sp³-hybridized carbons (Fsp3) is 0.571. The highest BCUT2D eigenvalue weighted by Gasteiger charge is 2.19. The molecule has 106 valence electrons. The lowest BCUT2D eigenvalue weighted by Gasteiger charge is -2.10. The van der Waals surface area contributed by atoms with Crippen LogP contribution in [0.1, 0.15) is 37.8 Å². The van der Waals surface area contributed by atoms with Gasteiger partial charge in [-0.1, -0.05) is 24.3 Å². The minimum atomic E-state index is -3.23. The van der Waals surface area contributed by atoms with Crippen LogP contribution in [0.5, 0.6) is 0 Å². The molecule has 0 heterocycles. The maximum Gasteiger partial charge on any atom is 0.216 e. The third-order valence-electron chi connectivity index (χ3n) is 2.97. The molecular formula is C14H22N2O2S. The first kappa shape index (κ1) is 14.5. The van der Waals surface area contributed by atoms with Crippen LogP contribution in [0.3, 0.4) is 0 Å². The quantitative estimate of drug-likeness (QED) is 0.801. The van der Waals surface area contributed by atoms with Gasteiger partial charge in [-0.15, -0.1) is 0 Å². The summed E-state index contributed by atoms with van der Waals surface area (Å²) in [5.41, 5.74) is 2.02. The molecule has 0 radical (unpaired) electrons. The zero-order valence-electron chi connectivity index (χ0n) is 11.5. The fourth-order valence-corrected chi connectivity index (χ4v) is 3.36. The summed E-state index contributed by atoms with van der Waals surface area (Å²) in [5, 5.41) is 3.44. The van der Waals surface area contributed by atoms with Crippen molar-refractivity contribution < 1.29 is 8.42 Å². The van der Waals surface area contributed by atoms with Crippen LogP contribution in [0.4, 0.5) is 0 Å².